The summed E-state index contributed by atoms with van der Waals surface area (Å²) in [5, 5.41) is 24.7. The van der Waals surface area contributed by atoms with Crippen molar-refractivity contribution in [1.82, 2.24) is 10.3 Å². The van der Waals surface area contributed by atoms with Crippen LogP contribution in [0.3, 0.4) is 0 Å². The molecule has 7 atom stereocenters. The standard InChI is InChI=1S/C29H41FN2O5/c1-6-10-20-26(35)18(2)11-9-13-29(5)24(37-29)16-22(21(30)15-19-12-7-8-14-31-19)32-25(34)17-23(33)28(3,4)27(20)36/h6-8,12,14-15,18,20,22-24,26,33,35H,1,9-11,13,16-17H2,2-5H3,(H,32,34). The van der Waals surface area contributed by atoms with Crippen molar-refractivity contribution in [1.29, 1.82) is 0 Å². The van der Waals surface area contributed by atoms with Crippen molar-refractivity contribution in [3.8, 4) is 0 Å². The van der Waals surface area contributed by atoms with Gasteiger partial charge in [-0.3, -0.25) is 14.6 Å². The Bertz CT molecular complexity index is 997. The topological polar surface area (TPSA) is 112 Å². The molecule has 2 fully saturated rings. The Kier molecular flexibility index (Phi) is 9.42. The first-order valence-electron chi connectivity index (χ1n) is 13.2. The lowest BCUT2D eigenvalue weighted by Crippen LogP contribution is -2.48. The van der Waals surface area contributed by atoms with E-state index in [1.54, 1.807) is 44.3 Å². The quantitative estimate of drug-likeness (QED) is 0.410. The predicted octanol–water partition coefficient (Wildman–Crippen LogP) is 4.14. The molecule has 0 saturated carbocycles. The average molecular weight is 517 g/mol. The Morgan fingerprint density at radius 3 is 2.68 bits per heavy atom. The lowest BCUT2D eigenvalue weighted by Gasteiger charge is -2.35. The zero-order valence-corrected chi connectivity index (χ0v) is 22.3. The second kappa shape index (κ2) is 12.0. The lowest BCUT2D eigenvalue weighted by atomic mass is 9.71. The van der Waals surface area contributed by atoms with Gasteiger partial charge in [-0.1, -0.05) is 39.3 Å². The smallest absolute Gasteiger partial charge is 0.223 e. The third-order valence-corrected chi connectivity index (χ3v) is 8.06. The van der Waals surface area contributed by atoms with Crippen LogP contribution in [0.4, 0.5) is 4.39 Å². The molecule has 3 rings (SSSR count). The molecule has 0 radical (unpaired) electrons. The monoisotopic (exact) mass is 516 g/mol. The summed E-state index contributed by atoms with van der Waals surface area (Å²) in [5.74, 6) is -2.37. The molecule has 0 bridgehead atoms. The van der Waals surface area contributed by atoms with E-state index in [0.29, 0.717) is 18.5 Å². The van der Waals surface area contributed by atoms with Gasteiger partial charge in [-0.15, -0.1) is 6.58 Å². The van der Waals surface area contributed by atoms with E-state index in [-0.39, 0.29) is 37.1 Å². The largest absolute Gasteiger partial charge is 0.392 e. The third kappa shape index (κ3) is 7.12. The van der Waals surface area contributed by atoms with Crippen LogP contribution in [-0.4, -0.2) is 56.8 Å². The minimum Gasteiger partial charge on any atom is -0.392 e. The van der Waals surface area contributed by atoms with Gasteiger partial charge in [-0.2, -0.15) is 0 Å². The number of nitrogens with one attached hydrogen (secondary N) is 1. The summed E-state index contributed by atoms with van der Waals surface area (Å²) in [7, 11) is 0. The number of fused-ring (bicyclic) bond motifs is 1. The molecule has 1 amide bonds. The first kappa shape index (κ1) is 29.1. The number of ketones is 1. The van der Waals surface area contributed by atoms with Crippen molar-refractivity contribution in [3.63, 3.8) is 0 Å². The van der Waals surface area contributed by atoms with Gasteiger partial charge in [0.25, 0.3) is 0 Å². The molecule has 2 aliphatic heterocycles. The molecule has 0 aliphatic carbocycles. The van der Waals surface area contributed by atoms with Crippen LogP contribution in [0.5, 0.6) is 0 Å². The highest BCUT2D eigenvalue weighted by atomic mass is 19.1. The van der Waals surface area contributed by atoms with Crippen LogP contribution in [0.1, 0.15) is 71.9 Å². The summed E-state index contributed by atoms with van der Waals surface area (Å²) in [6.45, 7) is 10.8. The van der Waals surface area contributed by atoms with Gasteiger partial charge in [0.1, 0.15) is 11.6 Å². The molecule has 3 heterocycles. The number of pyridine rings is 1. The number of amides is 1. The summed E-state index contributed by atoms with van der Waals surface area (Å²) in [4.78, 5) is 30.6. The van der Waals surface area contributed by atoms with Crippen molar-refractivity contribution in [3.05, 3.63) is 48.6 Å². The van der Waals surface area contributed by atoms with Crippen molar-refractivity contribution in [2.24, 2.45) is 17.3 Å². The van der Waals surface area contributed by atoms with Crippen molar-refractivity contribution in [2.45, 2.75) is 96.2 Å². The molecular formula is C29H41FN2O5. The highest BCUT2D eigenvalue weighted by Crippen LogP contribution is 2.44. The van der Waals surface area contributed by atoms with E-state index >= 15 is 4.39 Å². The Hall–Kier alpha value is -2.42. The van der Waals surface area contributed by atoms with Crippen LogP contribution in [-0.2, 0) is 14.3 Å². The van der Waals surface area contributed by atoms with E-state index in [9.17, 15) is 19.8 Å². The average Bonchev–Trinajstić information content (AvgIpc) is 3.49. The maximum atomic E-state index is 15.4. The van der Waals surface area contributed by atoms with Crippen molar-refractivity contribution < 1.29 is 28.9 Å². The fourth-order valence-corrected chi connectivity index (χ4v) is 5.22. The van der Waals surface area contributed by atoms with E-state index in [0.717, 1.165) is 6.42 Å². The Labute approximate surface area is 219 Å². The summed E-state index contributed by atoms with van der Waals surface area (Å²) >= 11 is 0. The molecule has 7 nitrogen and oxygen atoms in total. The Morgan fingerprint density at radius 1 is 1.30 bits per heavy atom. The first-order valence-corrected chi connectivity index (χ1v) is 13.2. The zero-order chi connectivity index (χ0) is 27.4. The number of hydrogen-bond acceptors (Lipinski definition) is 6. The second-order valence-corrected chi connectivity index (χ2v) is 11.4. The van der Waals surface area contributed by atoms with Gasteiger partial charge >= 0.3 is 0 Å². The number of aromatic nitrogens is 1. The molecule has 1 aromatic rings. The number of halogens is 1. The number of allylic oxidation sites excluding steroid dienone is 1. The normalized spacial score (nSPS) is 35.8. The number of hydrogen-bond donors (Lipinski definition) is 3. The molecule has 1 aromatic heterocycles. The fraction of sp³-hybridized carbons (Fsp3) is 0.621. The molecule has 8 heteroatoms. The number of ether oxygens (including phenoxy) is 1. The number of Topliss-reactive ketones (excluding diaryl/α,β-unsaturated/α-hetero) is 1. The van der Waals surface area contributed by atoms with Crippen molar-refractivity contribution >= 4 is 17.8 Å². The number of carbonyl (C=O) groups is 2. The van der Waals surface area contributed by atoms with Gasteiger partial charge in [-0.25, -0.2) is 4.39 Å². The Balaban J connectivity index is 1.89. The number of aliphatic hydroxyl groups excluding tert-OH is 2. The number of epoxide rings is 1. The number of carbonyl (C=O) groups excluding carboxylic acids is 2. The maximum absolute atomic E-state index is 15.4. The van der Waals surface area contributed by atoms with Gasteiger partial charge in [0.15, 0.2) is 0 Å². The highest BCUT2D eigenvalue weighted by molar-refractivity contribution is 5.88. The van der Waals surface area contributed by atoms with Gasteiger partial charge in [0.05, 0.1) is 47.5 Å². The summed E-state index contributed by atoms with van der Waals surface area (Å²) in [6.07, 6.45) is 4.23. The molecule has 37 heavy (non-hydrogen) atoms. The molecule has 2 aliphatic rings. The Morgan fingerprint density at radius 2 is 2.03 bits per heavy atom. The van der Waals surface area contributed by atoms with Gasteiger partial charge < -0.3 is 20.3 Å². The summed E-state index contributed by atoms with van der Waals surface area (Å²) in [6, 6.07) is 4.19. The maximum Gasteiger partial charge on any atom is 0.223 e. The predicted molar refractivity (Wildman–Crippen MR) is 140 cm³/mol. The number of nitrogens with zero attached hydrogens (tertiary/aromatic N) is 1. The first-order chi connectivity index (χ1) is 17.4. The zero-order valence-electron chi connectivity index (χ0n) is 22.3. The van der Waals surface area contributed by atoms with E-state index in [4.69, 9.17) is 4.74 Å². The van der Waals surface area contributed by atoms with Crippen LogP contribution in [0, 0.1) is 17.3 Å². The van der Waals surface area contributed by atoms with Crippen LogP contribution in [0.15, 0.2) is 42.9 Å². The lowest BCUT2D eigenvalue weighted by molar-refractivity contribution is -0.144. The van der Waals surface area contributed by atoms with Gasteiger partial charge in [-0.05, 0) is 50.3 Å². The molecule has 2 saturated heterocycles. The molecule has 3 N–H and O–H groups in total. The number of rotatable bonds is 4. The van der Waals surface area contributed by atoms with E-state index < -0.39 is 46.9 Å². The van der Waals surface area contributed by atoms with E-state index in [1.807, 2.05) is 13.8 Å². The fourth-order valence-electron chi connectivity index (χ4n) is 5.22. The van der Waals surface area contributed by atoms with Crippen LogP contribution in [0.25, 0.3) is 6.08 Å². The van der Waals surface area contributed by atoms with Crippen LogP contribution in [0.2, 0.25) is 0 Å². The highest BCUT2D eigenvalue weighted by Gasteiger charge is 2.53. The molecule has 0 spiro atoms. The SMILES string of the molecule is C=CCC1C(=O)C(C)(C)C(O)CC(=O)NC(C(F)=Cc2ccccn2)CC2OC2(C)CCCC(C)C1O. The van der Waals surface area contributed by atoms with Gasteiger partial charge in [0.2, 0.25) is 5.91 Å². The van der Waals surface area contributed by atoms with E-state index in [2.05, 4.69) is 16.9 Å². The minimum absolute atomic E-state index is 0.162. The molecule has 204 valence electrons. The van der Waals surface area contributed by atoms with Crippen molar-refractivity contribution in [2.75, 3.05) is 0 Å². The molecular weight excluding hydrogens is 475 g/mol. The van der Waals surface area contributed by atoms with E-state index in [1.165, 1.54) is 6.08 Å². The van der Waals surface area contributed by atoms with Crippen LogP contribution < -0.4 is 5.32 Å². The summed E-state index contributed by atoms with van der Waals surface area (Å²) < 4.78 is 21.3. The molecule has 7 unspecified atom stereocenters. The minimum atomic E-state index is -1.33. The third-order valence-electron chi connectivity index (χ3n) is 8.06. The summed E-state index contributed by atoms with van der Waals surface area (Å²) in [5.41, 5.74) is -1.33. The van der Waals surface area contributed by atoms with Crippen LogP contribution >= 0.6 is 0 Å². The number of aliphatic hydroxyl groups is 2. The van der Waals surface area contributed by atoms with Gasteiger partial charge in [0, 0.05) is 18.5 Å². The molecule has 0 aromatic carbocycles. The second-order valence-electron chi connectivity index (χ2n) is 11.4.